The molecule has 0 unspecified atom stereocenters. The summed E-state index contributed by atoms with van der Waals surface area (Å²) in [6.45, 7) is 2.00. The predicted octanol–water partition coefficient (Wildman–Crippen LogP) is 4.35. The van der Waals surface area contributed by atoms with Gasteiger partial charge in [0.1, 0.15) is 5.82 Å². The summed E-state index contributed by atoms with van der Waals surface area (Å²) in [7, 11) is 1.78. The van der Waals surface area contributed by atoms with Gasteiger partial charge < -0.3 is 10.6 Å². The third kappa shape index (κ3) is 3.95. The fraction of sp³-hybridized carbons (Fsp3) is 0.200. The Labute approximate surface area is 137 Å². The zero-order chi connectivity index (χ0) is 15.4. The van der Waals surface area contributed by atoms with Crippen LogP contribution < -0.4 is 10.6 Å². The number of amides is 1. The SMILES string of the molecule is CCc1cc(C(=O)Nc2ccc(Br)c(Cl)c2)cc(NC)n1. The van der Waals surface area contributed by atoms with Crippen LogP contribution in [0.5, 0.6) is 0 Å². The third-order valence-electron chi connectivity index (χ3n) is 2.94. The number of aromatic nitrogens is 1. The molecule has 1 aromatic carbocycles. The quantitative estimate of drug-likeness (QED) is 0.843. The van der Waals surface area contributed by atoms with Crippen molar-refractivity contribution in [3.8, 4) is 0 Å². The van der Waals surface area contributed by atoms with Gasteiger partial charge in [-0.3, -0.25) is 4.79 Å². The van der Waals surface area contributed by atoms with E-state index in [2.05, 4.69) is 31.5 Å². The van der Waals surface area contributed by atoms with Gasteiger partial charge in [-0.1, -0.05) is 18.5 Å². The summed E-state index contributed by atoms with van der Waals surface area (Å²) < 4.78 is 0.789. The minimum Gasteiger partial charge on any atom is -0.373 e. The van der Waals surface area contributed by atoms with E-state index in [1.54, 1.807) is 37.4 Å². The van der Waals surface area contributed by atoms with Crippen LogP contribution in [0.4, 0.5) is 11.5 Å². The van der Waals surface area contributed by atoms with Crippen LogP contribution in [-0.2, 0) is 6.42 Å². The number of nitrogens with one attached hydrogen (secondary N) is 2. The van der Waals surface area contributed by atoms with Crippen LogP contribution in [0.15, 0.2) is 34.8 Å². The highest BCUT2D eigenvalue weighted by molar-refractivity contribution is 9.10. The van der Waals surface area contributed by atoms with E-state index in [1.165, 1.54) is 0 Å². The first-order valence-electron chi connectivity index (χ1n) is 6.48. The molecule has 4 nitrogen and oxygen atoms in total. The summed E-state index contributed by atoms with van der Waals surface area (Å²) in [5, 5.41) is 6.34. The molecule has 0 spiro atoms. The standard InChI is InChI=1S/C15H15BrClN3O/c1-3-10-6-9(7-14(18-2)19-10)15(21)20-11-4-5-12(16)13(17)8-11/h4-8H,3H2,1-2H3,(H,18,19)(H,20,21). The molecule has 0 radical (unpaired) electrons. The van der Waals surface area contributed by atoms with Crippen LogP contribution >= 0.6 is 27.5 Å². The van der Waals surface area contributed by atoms with Gasteiger partial charge in [-0.2, -0.15) is 0 Å². The minimum absolute atomic E-state index is 0.193. The van der Waals surface area contributed by atoms with Crippen LogP contribution in [0.25, 0.3) is 0 Å². The van der Waals surface area contributed by atoms with Gasteiger partial charge in [0.15, 0.2) is 0 Å². The second-order valence-electron chi connectivity index (χ2n) is 4.42. The Balaban J connectivity index is 2.25. The number of carbonyl (C=O) groups excluding carboxylic acids is 1. The number of halogens is 2. The summed E-state index contributed by atoms with van der Waals surface area (Å²) in [6, 6.07) is 8.78. The van der Waals surface area contributed by atoms with Gasteiger partial charge in [-0.15, -0.1) is 0 Å². The number of anilines is 2. The van der Waals surface area contributed by atoms with E-state index in [0.29, 0.717) is 22.1 Å². The maximum Gasteiger partial charge on any atom is 0.255 e. The van der Waals surface area contributed by atoms with E-state index in [1.807, 2.05) is 6.92 Å². The lowest BCUT2D eigenvalue weighted by Crippen LogP contribution is -2.13. The van der Waals surface area contributed by atoms with Gasteiger partial charge in [0.25, 0.3) is 5.91 Å². The highest BCUT2D eigenvalue weighted by Crippen LogP contribution is 2.26. The zero-order valence-electron chi connectivity index (χ0n) is 11.7. The number of nitrogens with zero attached hydrogens (tertiary/aromatic N) is 1. The summed E-state index contributed by atoms with van der Waals surface area (Å²) in [5.41, 5.74) is 2.07. The van der Waals surface area contributed by atoms with E-state index in [9.17, 15) is 4.79 Å². The van der Waals surface area contributed by atoms with Gasteiger partial charge >= 0.3 is 0 Å². The van der Waals surface area contributed by atoms with Crippen molar-refractivity contribution in [2.24, 2.45) is 0 Å². The second kappa shape index (κ2) is 6.91. The molecule has 1 heterocycles. The molecule has 0 bridgehead atoms. The van der Waals surface area contributed by atoms with E-state index in [4.69, 9.17) is 11.6 Å². The van der Waals surface area contributed by atoms with Crippen molar-refractivity contribution in [3.63, 3.8) is 0 Å². The summed E-state index contributed by atoms with van der Waals surface area (Å²) in [4.78, 5) is 16.7. The molecule has 0 saturated heterocycles. The molecule has 1 aromatic heterocycles. The number of pyridine rings is 1. The minimum atomic E-state index is -0.193. The predicted molar refractivity (Wildman–Crippen MR) is 90.3 cm³/mol. The fourth-order valence-electron chi connectivity index (χ4n) is 1.81. The molecule has 6 heteroatoms. The van der Waals surface area contributed by atoms with Crippen molar-refractivity contribution in [2.75, 3.05) is 17.7 Å². The lowest BCUT2D eigenvalue weighted by molar-refractivity contribution is 0.102. The smallest absolute Gasteiger partial charge is 0.255 e. The van der Waals surface area contributed by atoms with Crippen molar-refractivity contribution >= 4 is 44.9 Å². The molecule has 0 saturated carbocycles. The summed E-state index contributed by atoms with van der Waals surface area (Å²) >= 11 is 9.34. The Morgan fingerprint density at radius 2 is 2.10 bits per heavy atom. The van der Waals surface area contributed by atoms with E-state index in [0.717, 1.165) is 16.6 Å². The molecule has 0 aliphatic heterocycles. The normalized spacial score (nSPS) is 10.3. The first kappa shape index (κ1) is 15.8. The van der Waals surface area contributed by atoms with Crippen LogP contribution in [0, 0.1) is 0 Å². The highest BCUT2D eigenvalue weighted by Gasteiger charge is 2.10. The molecule has 2 aromatic rings. The molecule has 0 fully saturated rings. The molecular weight excluding hydrogens is 354 g/mol. The average molecular weight is 369 g/mol. The number of rotatable bonds is 4. The van der Waals surface area contributed by atoms with Gasteiger partial charge in [0, 0.05) is 28.5 Å². The molecule has 21 heavy (non-hydrogen) atoms. The first-order chi connectivity index (χ1) is 10.0. The monoisotopic (exact) mass is 367 g/mol. The topological polar surface area (TPSA) is 54.0 Å². The van der Waals surface area contributed by atoms with Crippen molar-refractivity contribution in [1.29, 1.82) is 0 Å². The van der Waals surface area contributed by atoms with Crippen molar-refractivity contribution < 1.29 is 4.79 Å². The van der Waals surface area contributed by atoms with E-state index in [-0.39, 0.29) is 5.91 Å². The van der Waals surface area contributed by atoms with Crippen LogP contribution in [0.1, 0.15) is 23.0 Å². The molecule has 1 amide bonds. The number of hydrogen-bond acceptors (Lipinski definition) is 3. The van der Waals surface area contributed by atoms with Gasteiger partial charge in [-0.05, 0) is 52.7 Å². The van der Waals surface area contributed by atoms with Crippen LogP contribution in [0.2, 0.25) is 5.02 Å². The lowest BCUT2D eigenvalue weighted by atomic mass is 10.1. The molecular formula is C15H15BrClN3O. The summed E-state index contributed by atoms with van der Waals surface area (Å²) in [6.07, 6.45) is 0.764. The molecule has 110 valence electrons. The van der Waals surface area contributed by atoms with E-state index >= 15 is 0 Å². The van der Waals surface area contributed by atoms with E-state index < -0.39 is 0 Å². The van der Waals surface area contributed by atoms with Crippen molar-refractivity contribution in [2.45, 2.75) is 13.3 Å². The zero-order valence-corrected chi connectivity index (χ0v) is 14.0. The van der Waals surface area contributed by atoms with Crippen molar-refractivity contribution in [1.82, 2.24) is 4.98 Å². The molecule has 0 aliphatic rings. The number of hydrogen-bond donors (Lipinski definition) is 2. The van der Waals surface area contributed by atoms with Gasteiger partial charge in [0.2, 0.25) is 0 Å². The first-order valence-corrected chi connectivity index (χ1v) is 7.65. The fourth-order valence-corrected chi connectivity index (χ4v) is 2.23. The van der Waals surface area contributed by atoms with Crippen LogP contribution in [0.3, 0.4) is 0 Å². The Kier molecular flexibility index (Phi) is 5.20. The largest absolute Gasteiger partial charge is 0.373 e. The Morgan fingerprint density at radius 3 is 2.71 bits per heavy atom. The molecule has 2 rings (SSSR count). The highest BCUT2D eigenvalue weighted by atomic mass is 79.9. The Bertz CT molecular complexity index is 654. The summed E-state index contributed by atoms with van der Waals surface area (Å²) in [5.74, 6) is 0.482. The average Bonchev–Trinajstić information content (AvgIpc) is 2.50. The third-order valence-corrected chi connectivity index (χ3v) is 4.17. The Morgan fingerprint density at radius 1 is 1.33 bits per heavy atom. The van der Waals surface area contributed by atoms with Crippen molar-refractivity contribution in [3.05, 3.63) is 51.1 Å². The number of aryl methyl sites for hydroxylation is 1. The maximum absolute atomic E-state index is 12.3. The van der Waals surface area contributed by atoms with Gasteiger partial charge in [-0.25, -0.2) is 4.98 Å². The van der Waals surface area contributed by atoms with Gasteiger partial charge in [0.05, 0.1) is 5.02 Å². The molecule has 2 N–H and O–H groups in total. The molecule has 0 aliphatic carbocycles. The lowest BCUT2D eigenvalue weighted by Gasteiger charge is -2.09. The number of carbonyl (C=O) groups is 1. The molecule has 0 atom stereocenters. The number of benzene rings is 1. The second-order valence-corrected chi connectivity index (χ2v) is 5.68. The Hall–Kier alpha value is -1.59. The van der Waals surface area contributed by atoms with Crippen LogP contribution in [-0.4, -0.2) is 17.9 Å². The maximum atomic E-state index is 12.3.